The molecule has 0 spiro atoms. The maximum absolute atomic E-state index is 12.0. The molecule has 2 aromatic rings. The summed E-state index contributed by atoms with van der Waals surface area (Å²) < 4.78 is 24.8. The molecule has 2 heterocycles. The van der Waals surface area contributed by atoms with Crippen molar-refractivity contribution in [1.82, 2.24) is 14.9 Å². The zero-order valence-electron chi connectivity index (χ0n) is 13.1. The highest BCUT2D eigenvalue weighted by atomic mass is 32.2. The highest BCUT2D eigenvalue weighted by Gasteiger charge is 2.28. The van der Waals surface area contributed by atoms with E-state index in [0.717, 1.165) is 10.7 Å². The van der Waals surface area contributed by atoms with E-state index in [4.69, 9.17) is 0 Å². The van der Waals surface area contributed by atoms with E-state index in [1.165, 1.54) is 11.8 Å². The number of nitrogens with zero attached hydrogens (tertiary/aromatic N) is 2. The second-order valence-corrected chi connectivity index (χ2v) is 8.95. The van der Waals surface area contributed by atoms with E-state index >= 15 is 0 Å². The van der Waals surface area contributed by atoms with Crippen LogP contribution in [-0.2, 0) is 21.2 Å². The maximum Gasteiger partial charge on any atom is 0.230 e. The van der Waals surface area contributed by atoms with Gasteiger partial charge in [0, 0.05) is 25.0 Å². The molecule has 1 fully saturated rings. The summed E-state index contributed by atoms with van der Waals surface area (Å²) >= 11 is 1.35. The molecule has 3 rings (SSSR count). The highest BCUT2D eigenvalue weighted by molar-refractivity contribution is 7.99. The van der Waals surface area contributed by atoms with Crippen molar-refractivity contribution < 1.29 is 13.2 Å². The van der Waals surface area contributed by atoms with Crippen LogP contribution >= 0.6 is 11.8 Å². The van der Waals surface area contributed by atoms with Gasteiger partial charge in [-0.1, -0.05) is 42.1 Å². The lowest BCUT2D eigenvalue weighted by molar-refractivity contribution is -0.119. The molecule has 24 heavy (non-hydrogen) atoms. The Morgan fingerprint density at radius 3 is 2.83 bits per heavy atom. The number of imidazole rings is 1. The van der Waals surface area contributed by atoms with E-state index in [0.29, 0.717) is 13.0 Å². The van der Waals surface area contributed by atoms with Crippen LogP contribution in [0.25, 0.3) is 0 Å². The number of carbonyl (C=O) groups excluding carboxylic acids is 1. The minimum absolute atomic E-state index is 0.0477. The molecule has 1 aromatic carbocycles. The number of benzene rings is 1. The van der Waals surface area contributed by atoms with E-state index in [9.17, 15) is 13.2 Å². The van der Waals surface area contributed by atoms with E-state index in [1.807, 2.05) is 41.1 Å². The van der Waals surface area contributed by atoms with Crippen LogP contribution in [0.5, 0.6) is 0 Å². The molecule has 0 bridgehead atoms. The number of sulfone groups is 1. The Morgan fingerprint density at radius 1 is 1.33 bits per heavy atom. The Balaban J connectivity index is 1.52. The number of carbonyl (C=O) groups is 1. The lowest BCUT2D eigenvalue weighted by atomic mass is 10.2. The third kappa shape index (κ3) is 4.61. The lowest BCUT2D eigenvalue weighted by Gasteiger charge is -2.11. The van der Waals surface area contributed by atoms with Gasteiger partial charge >= 0.3 is 0 Å². The summed E-state index contributed by atoms with van der Waals surface area (Å²) in [6, 6.07) is 9.78. The third-order valence-electron chi connectivity index (χ3n) is 3.80. The molecule has 8 heteroatoms. The Labute approximate surface area is 145 Å². The Kier molecular flexibility index (Phi) is 5.25. The van der Waals surface area contributed by atoms with Crippen LogP contribution in [0, 0.1) is 0 Å². The normalized spacial score (nSPS) is 19.2. The predicted molar refractivity (Wildman–Crippen MR) is 93.7 cm³/mol. The van der Waals surface area contributed by atoms with Crippen molar-refractivity contribution in [3.8, 4) is 0 Å². The number of amides is 1. The summed E-state index contributed by atoms with van der Waals surface area (Å²) in [5.41, 5.74) is 1.16. The van der Waals surface area contributed by atoms with Crippen molar-refractivity contribution >= 4 is 27.5 Å². The van der Waals surface area contributed by atoms with Crippen molar-refractivity contribution in [2.24, 2.45) is 0 Å². The molecule has 1 amide bonds. The van der Waals surface area contributed by atoms with Crippen LogP contribution in [0.1, 0.15) is 12.0 Å². The number of aromatic nitrogens is 2. The first-order valence-electron chi connectivity index (χ1n) is 7.69. The minimum Gasteiger partial charge on any atom is -0.352 e. The van der Waals surface area contributed by atoms with Gasteiger partial charge in [0.1, 0.15) is 0 Å². The Bertz CT molecular complexity index is 803. The first-order valence-corrected chi connectivity index (χ1v) is 10.5. The quantitative estimate of drug-likeness (QED) is 0.781. The van der Waals surface area contributed by atoms with E-state index in [-0.39, 0.29) is 29.2 Å². The van der Waals surface area contributed by atoms with Crippen molar-refractivity contribution in [2.45, 2.75) is 24.2 Å². The number of thioether (sulfide) groups is 1. The average molecular weight is 365 g/mol. The van der Waals surface area contributed by atoms with Gasteiger partial charge in [0.15, 0.2) is 15.0 Å². The van der Waals surface area contributed by atoms with Crippen molar-refractivity contribution in [2.75, 3.05) is 17.3 Å². The average Bonchev–Trinajstić information content (AvgIpc) is 3.12. The van der Waals surface area contributed by atoms with E-state index in [1.54, 1.807) is 6.20 Å². The van der Waals surface area contributed by atoms with Crippen LogP contribution in [0.4, 0.5) is 0 Å². The molecule has 6 nitrogen and oxygen atoms in total. The van der Waals surface area contributed by atoms with Crippen molar-refractivity contribution in [1.29, 1.82) is 0 Å². The molecule has 1 aliphatic heterocycles. The molecule has 0 unspecified atom stereocenters. The fourth-order valence-electron chi connectivity index (χ4n) is 2.64. The predicted octanol–water partition coefficient (Wildman–Crippen LogP) is 1.33. The largest absolute Gasteiger partial charge is 0.352 e. The zero-order valence-corrected chi connectivity index (χ0v) is 14.7. The summed E-state index contributed by atoms with van der Waals surface area (Å²) in [5.74, 6) is 0.275. The summed E-state index contributed by atoms with van der Waals surface area (Å²) in [6.07, 6.45) is 4.10. The molecule has 128 valence electrons. The van der Waals surface area contributed by atoms with Crippen molar-refractivity contribution in [3.05, 3.63) is 48.3 Å². The molecule has 1 atom stereocenters. The molecular formula is C16H19N3O3S2. The standard InChI is InChI=1S/C16H19N3O3S2/c20-15(18-14-6-9-24(21,22)12-14)11-23-16-17-7-8-19(16)10-13-4-2-1-3-5-13/h1-5,7-8,14H,6,9-12H2,(H,18,20)/t14-/m1/s1. The van der Waals surface area contributed by atoms with Gasteiger partial charge in [-0.2, -0.15) is 0 Å². The van der Waals surface area contributed by atoms with Crippen LogP contribution < -0.4 is 5.32 Å². The van der Waals surface area contributed by atoms with Gasteiger partial charge in [-0.3, -0.25) is 4.79 Å². The fraction of sp³-hybridized carbons (Fsp3) is 0.375. The topological polar surface area (TPSA) is 81.1 Å². The third-order valence-corrected chi connectivity index (χ3v) is 6.58. The Morgan fingerprint density at radius 2 is 2.12 bits per heavy atom. The first kappa shape index (κ1) is 17.0. The molecule has 0 aliphatic carbocycles. The highest BCUT2D eigenvalue weighted by Crippen LogP contribution is 2.18. The van der Waals surface area contributed by atoms with Gasteiger partial charge < -0.3 is 9.88 Å². The molecule has 0 radical (unpaired) electrons. The summed E-state index contributed by atoms with van der Waals surface area (Å²) in [6.45, 7) is 0.700. The van der Waals surface area contributed by atoms with Crippen molar-refractivity contribution in [3.63, 3.8) is 0 Å². The van der Waals surface area contributed by atoms with Gasteiger partial charge in [-0.05, 0) is 12.0 Å². The van der Waals surface area contributed by atoms with E-state index < -0.39 is 9.84 Å². The van der Waals surface area contributed by atoms with Crippen LogP contribution in [-0.4, -0.2) is 47.2 Å². The summed E-state index contributed by atoms with van der Waals surface area (Å²) in [7, 11) is -2.98. The number of nitrogens with one attached hydrogen (secondary N) is 1. The number of hydrogen-bond acceptors (Lipinski definition) is 5. The van der Waals surface area contributed by atoms with Crippen LogP contribution in [0.15, 0.2) is 47.9 Å². The Hall–Kier alpha value is -1.80. The second kappa shape index (κ2) is 7.40. The van der Waals surface area contributed by atoms with Gasteiger partial charge in [-0.15, -0.1) is 0 Å². The van der Waals surface area contributed by atoms with Crippen LogP contribution in [0.3, 0.4) is 0 Å². The monoisotopic (exact) mass is 365 g/mol. The second-order valence-electron chi connectivity index (χ2n) is 5.78. The summed E-state index contributed by atoms with van der Waals surface area (Å²) in [5, 5.41) is 3.56. The van der Waals surface area contributed by atoms with Gasteiger partial charge in [0.2, 0.25) is 5.91 Å². The molecule has 1 aliphatic rings. The van der Waals surface area contributed by atoms with Gasteiger partial charge in [-0.25, -0.2) is 13.4 Å². The SMILES string of the molecule is O=C(CSc1nccn1Cc1ccccc1)N[C@@H]1CCS(=O)(=O)C1. The fourth-order valence-corrected chi connectivity index (χ4v) is 5.09. The molecular weight excluding hydrogens is 346 g/mol. The van der Waals surface area contributed by atoms with E-state index in [2.05, 4.69) is 10.3 Å². The zero-order chi connectivity index (χ0) is 17.0. The first-order chi connectivity index (χ1) is 11.5. The van der Waals surface area contributed by atoms with Gasteiger partial charge in [0.25, 0.3) is 0 Å². The molecule has 1 aromatic heterocycles. The molecule has 1 saturated heterocycles. The minimum atomic E-state index is -2.98. The summed E-state index contributed by atoms with van der Waals surface area (Å²) in [4.78, 5) is 16.3. The smallest absolute Gasteiger partial charge is 0.230 e. The van der Waals surface area contributed by atoms with Crippen LogP contribution in [0.2, 0.25) is 0 Å². The molecule has 1 N–H and O–H groups in total. The van der Waals surface area contributed by atoms with Gasteiger partial charge in [0.05, 0.1) is 17.3 Å². The number of hydrogen-bond donors (Lipinski definition) is 1. The number of rotatable bonds is 6. The lowest BCUT2D eigenvalue weighted by Crippen LogP contribution is -2.36. The maximum atomic E-state index is 12.0. The molecule has 0 saturated carbocycles.